The van der Waals surface area contributed by atoms with Gasteiger partial charge in [0.15, 0.2) is 11.5 Å². The molecule has 4 rings (SSSR count). The second kappa shape index (κ2) is 7.82. The topological polar surface area (TPSA) is 54.7 Å². The van der Waals surface area contributed by atoms with E-state index in [9.17, 15) is 5.11 Å². The predicted octanol–water partition coefficient (Wildman–Crippen LogP) is 6.13. The molecule has 1 N–H and O–H groups in total. The van der Waals surface area contributed by atoms with Crippen molar-refractivity contribution in [3.05, 3.63) is 71.8 Å². The van der Waals surface area contributed by atoms with Crippen LogP contribution in [0.1, 0.15) is 18.1 Å². The number of hydrogen-bond donors (Lipinski definition) is 1. The Morgan fingerprint density at radius 2 is 1.96 bits per heavy atom. The maximum absolute atomic E-state index is 10.4. The number of aryl methyl sites for hydroxylation is 1. The zero-order valence-electron chi connectivity index (χ0n) is 15.7. The van der Waals surface area contributed by atoms with Crippen molar-refractivity contribution < 1.29 is 9.84 Å². The molecule has 4 nitrogen and oxygen atoms in total. The first-order chi connectivity index (χ1) is 13.7. The van der Waals surface area contributed by atoms with Gasteiger partial charge in [-0.15, -0.1) is 11.3 Å². The van der Waals surface area contributed by atoms with Crippen LogP contribution in [0.5, 0.6) is 11.5 Å². The van der Waals surface area contributed by atoms with Crippen molar-refractivity contribution in [2.75, 3.05) is 6.61 Å². The van der Waals surface area contributed by atoms with Gasteiger partial charge in [-0.2, -0.15) is 0 Å². The van der Waals surface area contributed by atoms with Crippen LogP contribution in [0, 0.1) is 6.92 Å². The van der Waals surface area contributed by atoms with Gasteiger partial charge in [-0.1, -0.05) is 30.3 Å². The predicted molar refractivity (Wildman–Crippen MR) is 116 cm³/mol. The number of ether oxygens (including phenoxy) is 1. The van der Waals surface area contributed by atoms with E-state index in [2.05, 4.69) is 17.1 Å². The van der Waals surface area contributed by atoms with Crippen molar-refractivity contribution in [2.45, 2.75) is 13.8 Å². The van der Waals surface area contributed by atoms with Crippen LogP contribution in [0.15, 0.2) is 65.7 Å². The Balaban J connectivity index is 1.68. The van der Waals surface area contributed by atoms with Crippen molar-refractivity contribution in [2.24, 2.45) is 4.99 Å². The summed E-state index contributed by atoms with van der Waals surface area (Å²) in [4.78, 5) is 9.34. The number of hydrogen-bond acceptors (Lipinski definition) is 5. The van der Waals surface area contributed by atoms with Gasteiger partial charge in [0.1, 0.15) is 5.01 Å². The van der Waals surface area contributed by atoms with Crippen molar-refractivity contribution in [1.82, 2.24) is 4.98 Å². The van der Waals surface area contributed by atoms with Gasteiger partial charge in [0.25, 0.3) is 0 Å². The standard InChI is InChI=1S/C23H20N2O2S/c1-3-27-20-9-6-7-17(22(20)26)14-24-19-13-16(12-11-15(19)2)23-25-18-8-4-5-10-21(18)28-23/h4-14,26H,3H2,1-2H3. The number of aromatic nitrogens is 1. The lowest BCUT2D eigenvalue weighted by atomic mass is 10.1. The summed E-state index contributed by atoms with van der Waals surface area (Å²) in [5.41, 5.74) is 4.56. The van der Waals surface area contributed by atoms with E-state index in [1.807, 2.05) is 56.3 Å². The number of phenolic OH excluding ortho intramolecular Hbond substituents is 1. The molecule has 1 aromatic heterocycles. The molecule has 0 unspecified atom stereocenters. The summed E-state index contributed by atoms with van der Waals surface area (Å²) in [6.45, 7) is 4.40. The highest BCUT2D eigenvalue weighted by Crippen LogP contribution is 2.34. The van der Waals surface area contributed by atoms with E-state index in [1.165, 1.54) is 4.70 Å². The summed E-state index contributed by atoms with van der Waals surface area (Å²) >= 11 is 1.67. The summed E-state index contributed by atoms with van der Waals surface area (Å²) in [6.07, 6.45) is 1.67. The monoisotopic (exact) mass is 388 g/mol. The first-order valence-corrected chi connectivity index (χ1v) is 9.93. The number of phenols is 1. The van der Waals surface area contributed by atoms with E-state index in [-0.39, 0.29) is 5.75 Å². The molecule has 0 spiro atoms. The molecule has 5 heteroatoms. The molecule has 140 valence electrons. The molecule has 28 heavy (non-hydrogen) atoms. The minimum atomic E-state index is 0.105. The SMILES string of the molecule is CCOc1cccc(C=Nc2cc(-c3nc4ccccc4s3)ccc2C)c1O. The zero-order valence-corrected chi connectivity index (χ0v) is 16.5. The molecule has 3 aromatic carbocycles. The van der Waals surface area contributed by atoms with Crippen LogP contribution in [0.3, 0.4) is 0 Å². The van der Waals surface area contributed by atoms with E-state index in [4.69, 9.17) is 9.72 Å². The molecule has 0 atom stereocenters. The van der Waals surface area contributed by atoms with Crippen molar-refractivity contribution in [3.8, 4) is 22.1 Å². The van der Waals surface area contributed by atoms with Gasteiger partial charge in [0.2, 0.25) is 0 Å². The van der Waals surface area contributed by atoms with Crippen LogP contribution in [0.4, 0.5) is 5.69 Å². The number of rotatable bonds is 5. The number of aromatic hydroxyl groups is 1. The second-order valence-electron chi connectivity index (χ2n) is 6.37. The number of benzene rings is 3. The van der Waals surface area contributed by atoms with Gasteiger partial charge in [0, 0.05) is 17.3 Å². The molecule has 4 aromatic rings. The van der Waals surface area contributed by atoms with Crippen LogP contribution < -0.4 is 4.74 Å². The molecule has 0 radical (unpaired) electrons. The van der Waals surface area contributed by atoms with Crippen molar-refractivity contribution in [1.29, 1.82) is 0 Å². The van der Waals surface area contributed by atoms with Crippen LogP contribution in [0.25, 0.3) is 20.8 Å². The van der Waals surface area contributed by atoms with E-state index in [0.717, 1.165) is 27.3 Å². The molecule has 0 bridgehead atoms. The number of fused-ring (bicyclic) bond motifs is 1. The number of para-hydroxylation sites is 2. The van der Waals surface area contributed by atoms with Gasteiger partial charge in [-0.05, 0) is 49.7 Å². The van der Waals surface area contributed by atoms with Crippen LogP contribution >= 0.6 is 11.3 Å². The highest BCUT2D eigenvalue weighted by Gasteiger charge is 2.09. The van der Waals surface area contributed by atoms with Gasteiger partial charge in [0.05, 0.1) is 22.5 Å². The third-order valence-electron chi connectivity index (χ3n) is 4.42. The summed E-state index contributed by atoms with van der Waals surface area (Å²) in [6, 6.07) is 19.7. The lowest BCUT2D eigenvalue weighted by molar-refractivity contribution is 0.318. The molecule has 0 aliphatic rings. The summed E-state index contributed by atoms with van der Waals surface area (Å²) in [5.74, 6) is 0.569. The normalized spacial score (nSPS) is 11.4. The first kappa shape index (κ1) is 18.2. The highest BCUT2D eigenvalue weighted by atomic mass is 32.1. The van der Waals surface area contributed by atoms with Gasteiger partial charge >= 0.3 is 0 Å². The maximum atomic E-state index is 10.4. The number of aliphatic imine (C=N–C) groups is 1. The molecule has 0 fully saturated rings. The Labute approximate surface area is 167 Å². The average Bonchev–Trinajstić information content (AvgIpc) is 3.14. The molecule has 0 aliphatic carbocycles. The largest absolute Gasteiger partial charge is 0.504 e. The lowest BCUT2D eigenvalue weighted by Crippen LogP contribution is -1.93. The lowest BCUT2D eigenvalue weighted by Gasteiger charge is -2.07. The number of nitrogens with zero attached hydrogens (tertiary/aromatic N) is 2. The zero-order chi connectivity index (χ0) is 19.5. The average molecular weight is 388 g/mol. The van der Waals surface area contributed by atoms with Crippen LogP contribution in [-0.2, 0) is 0 Å². The van der Waals surface area contributed by atoms with Gasteiger partial charge < -0.3 is 9.84 Å². The smallest absolute Gasteiger partial charge is 0.166 e. The Morgan fingerprint density at radius 1 is 1.11 bits per heavy atom. The highest BCUT2D eigenvalue weighted by molar-refractivity contribution is 7.21. The second-order valence-corrected chi connectivity index (χ2v) is 7.40. The third kappa shape index (κ3) is 3.62. The van der Waals surface area contributed by atoms with E-state index in [1.54, 1.807) is 23.6 Å². The number of thiazole rings is 1. The summed E-state index contributed by atoms with van der Waals surface area (Å²) < 4.78 is 6.61. The fourth-order valence-electron chi connectivity index (χ4n) is 2.93. The minimum absolute atomic E-state index is 0.105. The summed E-state index contributed by atoms with van der Waals surface area (Å²) in [7, 11) is 0. The molecule has 0 aliphatic heterocycles. The van der Waals surface area contributed by atoms with Gasteiger partial charge in [-0.3, -0.25) is 4.99 Å². The Hall–Kier alpha value is -3.18. The first-order valence-electron chi connectivity index (χ1n) is 9.11. The van der Waals surface area contributed by atoms with Crippen LogP contribution in [0.2, 0.25) is 0 Å². The molecule has 0 amide bonds. The summed E-state index contributed by atoms with van der Waals surface area (Å²) in [5, 5.41) is 11.3. The van der Waals surface area contributed by atoms with Crippen molar-refractivity contribution >= 4 is 33.5 Å². The van der Waals surface area contributed by atoms with Gasteiger partial charge in [-0.25, -0.2) is 4.98 Å². The minimum Gasteiger partial charge on any atom is -0.504 e. The van der Waals surface area contributed by atoms with E-state index in [0.29, 0.717) is 17.9 Å². The van der Waals surface area contributed by atoms with Crippen LogP contribution in [-0.4, -0.2) is 22.9 Å². The van der Waals surface area contributed by atoms with Crippen molar-refractivity contribution in [3.63, 3.8) is 0 Å². The van der Waals surface area contributed by atoms with E-state index >= 15 is 0 Å². The Kier molecular flexibility index (Phi) is 5.08. The van der Waals surface area contributed by atoms with E-state index < -0.39 is 0 Å². The maximum Gasteiger partial charge on any atom is 0.166 e. The quantitative estimate of drug-likeness (QED) is 0.419. The molecular formula is C23H20N2O2S. The molecule has 0 saturated heterocycles. The Morgan fingerprint density at radius 3 is 2.79 bits per heavy atom. The third-order valence-corrected chi connectivity index (χ3v) is 5.51. The fraction of sp³-hybridized carbons (Fsp3) is 0.130. The molecular weight excluding hydrogens is 368 g/mol. The molecule has 1 heterocycles. The molecule has 0 saturated carbocycles. The Bertz CT molecular complexity index is 1130. The fourth-order valence-corrected chi connectivity index (χ4v) is 3.89.